The first-order chi connectivity index (χ1) is 17.3. The topological polar surface area (TPSA) is 0 Å². The van der Waals surface area contributed by atoms with Crippen molar-refractivity contribution in [2.45, 2.75) is 50.0 Å². The summed E-state index contributed by atoms with van der Waals surface area (Å²) in [5, 5.41) is 3.16. The van der Waals surface area contributed by atoms with E-state index in [0.717, 1.165) is 0 Å². The van der Waals surface area contributed by atoms with Gasteiger partial charge in [0.25, 0.3) is 0 Å². The van der Waals surface area contributed by atoms with E-state index in [1.54, 1.807) is 10.5 Å². The fourth-order valence-electron chi connectivity index (χ4n) is 3.15. The van der Waals surface area contributed by atoms with Gasteiger partial charge in [-0.25, -0.2) is 0 Å². The molecule has 0 aliphatic carbocycles. The Labute approximate surface area is 233 Å². The molecule has 0 heterocycles. The van der Waals surface area contributed by atoms with Gasteiger partial charge in [-0.05, 0) is 0 Å². The van der Waals surface area contributed by atoms with Gasteiger partial charge in [0.15, 0.2) is 0 Å². The van der Waals surface area contributed by atoms with Crippen LogP contribution in [-0.2, 0) is 0 Å². The van der Waals surface area contributed by atoms with Crippen molar-refractivity contribution in [1.29, 1.82) is 0 Å². The third kappa shape index (κ3) is 15.3. The number of hydrogen-bond donors (Lipinski definition) is 0. The third-order valence-corrected chi connectivity index (χ3v) is 13.3. The molecule has 0 atom stereocenters. The molecule has 0 N–H and O–H groups in total. The Morgan fingerprint density at radius 3 is 0.886 bits per heavy atom. The SMILES string of the molecule is CCC[CH2][Ge][CH2]CCC.c1cc[c]([Ge][c]2ccccc2)cc1.c1cc[c]([Ge][c]2ccccc2)cc1. The van der Waals surface area contributed by atoms with Gasteiger partial charge in [-0.1, -0.05) is 0 Å². The first-order valence-electron chi connectivity index (χ1n) is 12.8. The average molecular weight is 640 g/mol. The van der Waals surface area contributed by atoms with Gasteiger partial charge in [0.2, 0.25) is 0 Å². The molecule has 0 fully saturated rings. The van der Waals surface area contributed by atoms with Crippen molar-refractivity contribution in [2.24, 2.45) is 0 Å². The molecule has 0 aliphatic heterocycles. The van der Waals surface area contributed by atoms with Gasteiger partial charge in [-0.3, -0.25) is 0 Å². The molecule has 0 spiro atoms. The molecule has 0 saturated heterocycles. The molecule has 0 nitrogen and oxygen atoms in total. The second-order valence-corrected chi connectivity index (χ2v) is 17.2. The molecule has 0 aromatic heterocycles. The van der Waals surface area contributed by atoms with Gasteiger partial charge in [-0.2, -0.15) is 0 Å². The normalized spacial score (nSPS) is 9.89. The molecule has 0 aliphatic rings. The van der Waals surface area contributed by atoms with Crippen LogP contribution in [0, 0.1) is 0 Å². The molecule has 0 amide bonds. The van der Waals surface area contributed by atoms with Gasteiger partial charge >= 0.3 is 235 Å². The average Bonchev–Trinajstić information content (AvgIpc) is 2.92. The summed E-state index contributed by atoms with van der Waals surface area (Å²) >= 11 is 0.281. The van der Waals surface area contributed by atoms with Crippen LogP contribution in [-0.4, -0.2) is 46.3 Å². The van der Waals surface area contributed by atoms with Crippen LogP contribution in [0.3, 0.4) is 0 Å². The van der Waals surface area contributed by atoms with E-state index in [9.17, 15) is 0 Å². The standard InChI is InChI=1S/2C12H10Ge.C8H18Ge/c2*1-3-7-11(8-4-1)13-12-9-5-2-6-10-12;1-3-5-7-9-8-6-4-2/h2*1-10H;3-8H2,1-2H3. The summed E-state index contributed by atoms with van der Waals surface area (Å²) < 4.78 is 5.98. The van der Waals surface area contributed by atoms with Crippen molar-refractivity contribution >= 4 is 63.9 Å². The fourth-order valence-corrected chi connectivity index (χ4v) is 10.6. The predicted molar refractivity (Wildman–Crippen MR) is 161 cm³/mol. The van der Waals surface area contributed by atoms with Crippen LogP contribution in [0.1, 0.15) is 39.5 Å². The van der Waals surface area contributed by atoms with Gasteiger partial charge < -0.3 is 0 Å². The van der Waals surface area contributed by atoms with E-state index in [2.05, 4.69) is 135 Å². The van der Waals surface area contributed by atoms with Crippen LogP contribution in [0.2, 0.25) is 10.5 Å². The molecular formula is C32H38Ge3. The minimum atomic E-state index is -0.108. The Morgan fingerprint density at radius 1 is 0.400 bits per heavy atom. The Balaban J connectivity index is 0.000000190. The minimum absolute atomic E-state index is 0.108. The molecule has 4 aromatic carbocycles. The van der Waals surface area contributed by atoms with Crippen LogP contribution < -0.4 is 17.6 Å². The van der Waals surface area contributed by atoms with Crippen LogP contribution in [0.5, 0.6) is 0 Å². The fraction of sp³-hybridized carbons (Fsp3) is 0.250. The molecule has 0 unspecified atom stereocenters. The first-order valence-corrected chi connectivity index (χ1v) is 19.9. The number of unbranched alkanes of at least 4 members (excludes halogenated alkanes) is 2. The summed E-state index contributed by atoms with van der Waals surface area (Å²) in [6.45, 7) is 4.57. The second-order valence-electron chi connectivity index (χ2n) is 8.17. The zero-order chi connectivity index (χ0) is 24.8. The molecule has 0 bridgehead atoms. The van der Waals surface area contributed by atoms with Crippen LogP contribution in [0.4, 0.5) is 0 Å². The molecule has 4 rings (SSSR count). The van der Waals surface area contributed by atoms with Crippen molar-refractivity contribution in [2.75, 3.05) is 0 Å². The Hall–Kier alpha value is -1.49. The first kappa shape index (κ1) is 29.7. The molecule has 178 valence electrons. The summed E-state index contributed by atoms with van der Waals surface area (Å²) in [7, 11) is 0. The van der Waals surface area contributed by atoms with E-state index in [1.165, 1.54) is 43.3 Å². The maximum atomic E-state index is 2.28. The van der Waals surface area contributed by atoms with Crippen molar-refractivity contribution in [3.05, 3.63) is 121 Å². The van der Waals surface area contributed by atoms with Crippen molar-refractivity contribution in [1.82, 2.24) is 0 Å². The Morgan fingerprint density at radius 2 is 0.657 bits per heavy atom. The summed E-state index contributed by atoms with van der Waals surface area (Å²) in [5.74, 6) is 0. The summed E-state index contributed by atoms with van der Waals surface area (Å²) in [5.41, 5.74) is 0. The molecular weight excluding hydrogens is 602 g/mol. The summed E-state index contributed by atoms with van der Waals surface area (Å²) in [4.78, 5) is 0. The van der Waals surface area contributed by atoms with E-state index in [0.29, 0.717) is 15.4 Å². The summed E-state index contributed by atoms with van der Waals surface area (Å²) in [6.07, 6.45) is 5.78. The van der Waals surface area contributed by atoms with Crippen LogP contribution in [0.25, 0.3) is 0 Å². The van der Waals surface area contributed by atoms with Gasteiger partial charge in [0.05, 0.1) is 0 Å². The van der Waals surface area contributed by atoms with E-state index in [-0.39, 0.29) is 30.9 Å². The quantitative estimate of drug-likeness (QED) is 0.152. The van der Waals surface area contributed by atoms with Crippen LogP contribution in [0.15, 0.2) is 121 Å². The molecule has 4 aromatic rings. The second kappa shape index (κ2) is 20.7. The third-order valence-electron chi connectivity index (χ3n) is 5.09. The number of rotatable bonds is 10. The van der Waals surface area contributed by atoms with Crippen molar-refractivity contribution < 1.29 is 0 Å². The van der Waals surface area contributed by atoms with Crippen molar-refractivity contribution in [3.8, 4) is 0 Å². The van der Waals surface area contributed by atoms with E-state index in [4.69, 9.17) is 0 Å². The van der Waals surface area contributed by atoms with Gasteiger partial charge in [0.1, 0.15) is 0 Å². The molecule has 0 saturated carbocycles. The zero-order valence-electron chi connectivity index (χ0n) is 21.3. The number of hydrogen-bond acceptors (Lipinski definition) is 0. The zero-order valence-corrected chi connectivity index (χ0v) is 27.6. The predicted octanol–water partition coefficient (Wildman–Crippen LogP) is 5.81. The molecule has 6 radical (unpaired) electrons. The molecule has 3 heteroatoms. The van der Waals surface area contributed by atoms with Crippen molar-refractivity contribution in [3.63, 3.8) is 0 Å². The monoisotopic (exact) mass is 644 g/mol. The Kier molecular flexibility index (Phi) is 17.6. The van der Waals surface area contributed by atoms with Gasteiger partial charge in [0, 0.05) is 0 Å². The van der Waals surface area contributed by atoms with E-state index in [1.807, 2.05) is 0 Å². The summed E-state index contributed by atoms with van der Waals surface area (Å²) in [6, 6.07) is 42.9. The number of benzene rings is 4. The van der Waals surface area contributed by atoms with E-state index >= 15 is 0 Å². The van der Waals surface area contributed by atoms with E-state index < -0.39 is 0 Å². The van der Waals surface area contributed by atoms with Gasteiger partial charge in [-0.15, -0.1) is 0 Å². The Bertz CT molecular complexity index is 816. The van der Waals surface area contributed by atoms with Crippen LogP contribution >= 0.6 is 0 Å². The maximum absolute atomic E-state index is 2.28. The molecule has 35 heavy (non-hydrogen) atoms.